The zero-order chi connectivity index (χ0) is 9.14. The van der Waals surface area contributed by atoms with Crippen molar-refractivity contribution in [1.82, 2.24) is 0 Å². The van der Waals surface area contributed by atoms with E-state index in [1.165, 1.54) is 6.07 Å². The predicted octanol–water partition coefficient (Wildman–Crippen LogP) is 2.89. The molecule has 1 aromatic carbocycles. The van der Waals surface area contributed by atoms with Gasteiger partial charge in [-0.3, -0.25) is 0 Å². The van der Waals surface area contributed by atoms with Gasteiger partial charge in [-0.05, 0) is 18.1 Å². The van der Waals surface area contributed by atoms with Crippen molar-refractivity contribution in [2.75, 3.05) is 0 Å². The maximum Gasteiger partial charge on any atom is 0.142 e. The summed E-state index contributed by atoms with van der Waals surface area (Å²) in [5.74, 6) is -0.405. The molecular formula is C9H11ClFN. The average Bonchev–Trinajstić information content (AvgIpc) is 2.08. The first-order chi connectivity index (χ1) is 5.66. The fourth-order valence-corrected chi connectivity index (χ4v) is 1.29. The summed E-state index contributed by atoms with van der Waals surface area (Å²) >= 11 is 5.71. The highest BCUT2D eigenvalue weighted by Crippen LogP contribution is 2.25. The average molecular weight is 188 g/mol. The quantitative estimate of drug-likeness (QED) is 0.757. The van der Waals surface area contributed by atoms with E-state index in [0.29, 0.717) is 5.56 Å². The summed E-state index contributed by atoms with van der Waals surface area (Å²) in [5.41, 5.74) is 6.39. The fraction of sp³-hybridized carbons (Fsp3) is 0.333. The van der Waals surface area contributed by atoms with Gasteiger partial charge >= 0.3 is 0 Å². The van der Waals surface area contributed by atoms with Gasteiger partial charge in [0.2, 0.25) is 0 Å². The van der Waals surface area contributed by atoms with Crippen molar-refractivity contribution in [3.8, 4) is 0 Å². The normalized spacial score (nSPS) is 13.0. The lowest BCUT2D eigenvalue weighted by Gasteiger charge is -2.10. The first-order valence-electron chi connectivity index (χ1n) is 3.86. The van der Waals surface area contributed by atoms with Crippen LogP contribution in [0.5, 0.6) is 0 Å². The molecule has 12 heavy (non-hydrogen) atoms. The van der Waals surface area contributed by atoms with Gasteiger partial charge in [-0.2, -0.15) is 0 Å². The minimum Gasteiger partial charge on any atom is -0.324 e. The van der Waals surface area contributed by atoms with Gasteiger partial charge in [0, 0.05) is 6.04 Å². The van der Waals surface area contributed by atoms with Gasteiger partial charge in [-0.25, -0.2) is 4.39 Å². The molecule has 3 heteroatoms. The van der Waals surface area contributed by atoms with Crippen LogP contribution in [0.25, 0.3) is 0 Å². The number of rotatable bonds is 2. The summed E-state index contributed by atoms with van der Waals surface area (Å²) in [5, 5.41) is 0.145. The van der Waals surface area contributed by atoms with E-state index in [2.05, 4.69) is 0 Å². The van der Waals surface area contributed by atoms with Crippen molar-refractivity contribution < 1.29 is 4.39 Å². The predicted molar refractivity (Wildman–Crippen MR) is 48.6 cm³/mol. The molecule has 0 radical (unpaired) electrons. The molecule has 0 fully saturated rings. The van der Waals surface area contributed by atoms with Gasteiger partial charge < -0.3 is 5.73 Å². The minimum atomic E-state index is -0.405. The molecule has 0 aliphatic carbocycles. The highest BCUT2D eigenvalue weighted by atomic mass is 35.5. The molecule has 1 rings (SSSR count). The Hall–Kier alpha value is -0.600. The highest BCUT2D eigenvalue weighted by molar-refractivity contribution is 6.31. The second kappa shape index (κ2) is 3.87. The van der Waals surface area contributed by atoms with Crippen molar-refractivity contribution in [3.05, 3.63) is 34.6 Å². The van der Waals surface area contributed by atoms with Crippen LogP contribution in [0.2, 0.25) is 5.02 Å². The third-order valence-corrected chi connectivity index (χ3v) is 2.22. The van der Waals surface area contributed by atoms with Gasteiger partial charge in [0.15, 0.2) is 0 Å². The van der Waals surface area contributed by atoms with Crippen LogP contribution in [0.4, 0.5) is 4.39 Å². The van der Waals surface area contributed by atoms with Crippen LogP contribution in [0, 0.1) is 5.82 Å². The van der Waals surface area contributed by atoms with E-state index in [-0.39, 0.29) is 11.1 Å². The van der Waals surface area contributed by atoms with Crippen molar-refractivity contribution in [3.63, 3.8) is 0 Å². The molecule has 0 saturated carbocycles. The Balaban J connectivity index is 3.07. The van der Waals surface area contributed by atoms with E-state index in [0.717, 1.165) is 6.42 Å². The Labute approximate surface area is 76.3 Å². The van der Waals surface area contributed by atoms with E-state index in [1.54, 1.807) is 12.1 Å². The van der Waals surface area contributed by atoms with Gasteiger partial charge in [-0.15, -0.1) is 0 Å². The third-order valence-electron chi connectivity index (χ3n) is 1.82. The Morgan fingerprint density at radius 2 is 2.25 bits per heavy atom. The van der Waals surface area contributed by atoms with Gasteiger partial charge in [0.1, 0.15) is 5.82 Å². The summed E-state index contributed by atoms with van der Waals surface area (Å²) < 4.78 is 12.9. The largest absolute Gasteiger partial charge is 0.324 e. The van der Waals surface area contributed by atoms with E-state index in [1.807, 2.05) is 6.92 Å². The smallest absolute Gasteiger partial charge is 0.142 e. The fourth-order valence-electron chi connectivity index (χ4n) is 1.03. The van der Waals surface area contributed by atoms with Crippen molar-refractivity contribution in [1.29, 1.82) is 0 Å². The molecule has 0 spiro atoms. The molecule has 0 unspecified atom stereocenters. The first-order valence-corrected chi connectivity index (χ1v) is 4.24. The van der Waals surface area contributed by atoms with Crippen molar-refractivity contribution in [2.45, 2.75) is 19.4 Å². The molecular weight excluding hydrogens is 177 g/mol. The second-order valence-electron chi connectivity index (χ2n) is 2.66. The zero-order valence-electron chi connectivity index (χ0n) is 6.85. The molecule has 1 aromatic rings. The number of hydrogen-bond acceptors (Lipinski definition) is 1. The summed E-state index contributed by atoms with van der Waals surface area (Å²) in [6.45, 7) is 1.94. The van der Waals surface area contributed by atoms with Crippen molar-refractivity contribution >= 4 is 11.6 Å². The highest BCUT2D eigenvalue weighted by Gasteiger charge is 2.10. The summed E-state index contributed by atoms with van der Waals surface area (Å²) in [6, 6.07) is 4.52. The maximum absolute atomic E-state index is 12.9. The van der Waals surface area contributed by atoms with E-state index >= 15 is 0 Å². The van der Waals surface area contributed by atoms with E-state index < -0.39 is 5.82 Å². The molecule has 1 atom stereocenters. The Morgan fingerprint density at radius 3 is 2.83 bits per heavy atom. The summed E-state index contributed by atoms with van der Waals surface area (Å²) in [4.78, 5) is 0. The topological polar surface area (TPSA) is 26.0 Å². The summed E-state index contributed by atoms with van der Waals surface area (Å²) in [6.07, 6.45) is 0.753. The molecule has 0 heterocycles. The lowest BCUT2D eigenvalue weighted by Crippen LogP contribution is -2.09. The van der Waals surface area contributed by atoms with E-state index in [4.69, 9.17) is 17.3 Å². The molecule has 0 aliphatic heterocycles. The Kier molecular flexibility index (Phi) is 3.06. The molecule has 0 aromatic heterocycles. The minimum absolute atomic E-state index is 0.145. The SMILES string of the molecule is CC[C@H](N)c1cccc(F)c1Cl. The monoisotopic (exact) mass is 187 g/mol. The molecule has 2 N–H and O–H groups in total. The van der Waals surface area contributed by atoms with Gasteiger partial charge in [0.05, 0.1) is 5.02 Å². The third kappa shape index (κ3) is 1.76. The molecule has 0 amide bonds. The van der Waals surface area contributed by atoms with Crippen LogP contribution in [-0.2, 0) is 0 Å². The van der Waals surface area contributed by atoms with Crippen LogP contribution in [0.3, 0.4) is 0 Å². The van der Waals surface area contributed by atoms with Crippen LogP contribution in [0.1, 0.15) is 24.9 Å². The number of nitrogens with two attached hydrogens (primary N) is 1. The second-order valence-corrected chi connectivity index (χ2v) is 3.04. The van der Waals surface area contributed by atoms with Crippen LogP contribution in [-0.4, -0.2) is 0 Å². The Bertz CT molecular complexity index is 275. The van der Waals surface area contributed by atoms with Crippen LogP contribution in [0.15, 0.2) is 18.2 Å². The summed E-state index contributed by atoms with van der Waals surface area (Å²) in [7, 11) is 0. The first kappa shape index (κ1) is 9.49. The molecule has 66 valence electrons. The molecule has 0 bridgehead atoms. The van der Waals surface area contributed by atoms with Crippen LogP contribution >= 0.6 is 11.6 Å². The van der Waals surface area contributed by atoms with Crippen LogP contribution < -0.4 is 5.73 Å². The maximum atomic E-state index is 12.9. The molecule has 1 nitrogen and oxygen atoms in total. The van der Waals surface area contributed by atoms with Gasteiger partial charge in [-0.1, -0.05) is 30.7 Å². The lowest BCUT2D eigenvalue weighted by molar-refractivity contribution is 0.617. The van der Waals surface area contributed by atoms with E-state index in [9.17, 15) is 4.39 Å². The van der Waals surface area contributed by atoms with Gasteiger partial charge in [0.25, 0.3) is 0 Å². The molecule has 0 saturated heterocycles. The number of benzene rings is 1. The Morgan fingerprint density at radius 1 is 1.58 bits per heavy atom. The lowest BCUT2D eigenvalue weighted by atomic mass is 10.1. The van der Waals surface area contributed by atoms with Crippen molar-refractivity contribution in [2.24, 2.45) is 5.73 Å². The molecule has 0 aliphatic rings. The number of halogens is 2. The zero-order valence-corrected chi connectivity index (χ0v) is 7.61. The standard InChI is InChI=1S/C9H11ClFN/c1-2-8(12)6-4-3-5-7(11)9(6)10/h3-5,8H,2,12H2,1H3/t8-/m0/s1. The number of hydrogen-bond donors (Lipinski definition) is 1.